The summed E-state index contributed by atoms with van der Waals surface area (Å²) in [5, 5.41) is 3.57. The summed E-state index contributed by atoms with van der Waals surface area (Å²) >= 11 is 9.24. The summed E-state index contributed by atoms with van der Waals surface area (Å²) in [5.41, 5.74) is 3.45. The zero-order chi connectivity index (χ0) is 17.0. The first-order valence-corrected chi connectivity index (χ1v) is 8.48. The Balaban J connectivity index is 1.95. The fraction of sp³-hybridized carbons (Fsp3) is 0.278. The van der Waals surface area contributed by atoms with E-state index in [-0.39, 0.29) is 18.6 Å². The molecule has 0 spiro atoms. The Labute approximate surface area is 150 Å². The second kappa shape index (κ2) is 7.84. The quantitative estimate of drug-likeness (QED) is 0.774. The lowest BCUT2D eigenvalue weighted by Crippen LogP contribution is -2.31. The van der Waals surface area contributed by atoms with Crippen LogP contribution in [0.3, 0.4) is 0 Å². The second-order valence-corrected chi connectivity index (χ2v) is 6.80. The normalized spacial score (nSPS) is 11.9. The number of nitrogens with one attached hydrogen (secondary N) is 1. The third kappa shape index (κ3) is 4.98. The summed E-state index contributed by atoms with van der Waals surface area (Å²) in [6.45, 7) is 6.00. The molecule has 0 saturated heterocycles. The fourth-order valence-corrected chi connectivity index (χ4v) is 3.12. The molecule has 0 fully saturated rings. The van der Waals surface area contributed by atoms with Gasteiger partial charge in [0.15, 0.2) is 6.61 Å². The highest BCUT2D eigenvalue weighted by Gasteiger charge is 2.13. The van der Waals surface area contributed by atoms with Gasteiger partial charge in [-0.15, -0.1) is 0 Å². The smallest absolute Gasteiger partial charge is 0.258 e. The molecular weight excluding hydrogens is 378 g/mol. The molecule has 0 heterocycles. The van der Waals surface area contributed by atoms with E-state index < -0.39 is 0 Å². The third-order valence-electron chi connectivity index (χ3n) is 3.53. The van der Waals surface area contributed by atoms with Gasteiger partial charge in [0.1, 0.15) is 5.75 Å². The maximum absolute atomic E-state index is 12.1. The molecule has 23 heavy (non-hydrogen) atoms. The molecule has 5 heteroatoms. The molecule has 2 aromatic rings. The lowest BCUT2D eigenvalue weighted by atomic mass is 10.00. The van der Waals surface area contributed by atoms with Crippen molar-refractivity contribution in [3.8, 4) is 5.75 Å². The average Bonchev–Trinajstić information content (AvgIpc) is 2.48. The number of hydrogen-bond donors (Lipinski definition) is 1. The van der Waals surface area contributed by atoms with Gasteiger partial charge in [-0.25, -0.2) is 0 Å². The van der Waals surface area contributed by atoms with Gasteiger partial charge in [0.25, 0.3) is 5.91 Å². The maximum atomic E-state index is 12.1. The largest absolute Gasteiger partial charge is 0.483 e. The van der Waals surface area contributed by atoms with Crippen LogP contribution in [0.15, 0.2) is 40.9 Å². The minimum Gasteiger partial charge on any atom is -0.483 e. The number of hydrogen-bond acceptors (Lipinski definition) is 2. The van der Waals surface area contributed by atoms with Crippen molar-refractivity contribution in [3.05, 3.63) is 62.6 Å². The fourth-order valence-electron chi connectivity index (χ4n) is 2.32. The molecule has 2 rings (SSSR count). The molecule has 0 unspecified atom stereocenters. The van der Waals surface area contributed by atoms with Crippen molar-refractivity contribution in [1.82, 2.24) is 5.32 Å². The first kappa shape index (κ1) is 17.8. The average molecular weight is 397 g/mol. The number of ether oxygens (including phenoxy) is 1. The van der Waals surface area contributed by atoms with Crippen molar-refractivity contribution in [2.75, 3.05) is 6.61 Å². The van der Waals surface area contributed by atoms with Crippen molar-refractivity contribution >= 4 is 33.4 Å². The van der Waals surface area contributed by atoms with E-state index >= 15 is 0 Å². The van der Waals surface area contributed by atoms with Crippen LogP contribution in [0.25, 0.3) is 0 Å². The van der Waals surface area contributed by atoms with Gasteiger partial charge in [-0.2, -0.15) is 0 Å². The van der Waals surface area contributed by atoms with Gasteiger partial charge in [0, 0.05) is 5.02 Å². The van der Waals surface area contributed by atoms with E-state index in [1.807, 2.05) is 20.8 Å². The molecular formula is C18H19BrClNO2. The van der Waals surface area contributed by atoms with Crippen LogP contribution < -0.4 is 10.1 Å². The zero-order valence-electron chi connectivity index (χ0n) is 13.3. The highest BCUT2D eigenvalue weighted by atomic mass is 79.9. The standard InChI is InChI=1S/C18H19BrClNO2/c1-11-4-5-12(2)15(8-11)13(3)21-18(22)10-23-17-7-6-14(20)9-16(17)19/h4-9,13H,10H2,1-3H3,(H,21,22)/t13-/m0/s1. The van der Waals surface area contributed by atoms with Crippen molar-refractivity contribution in [3.63, 3.8) is 0 Å². The van der Waals surface area contributed by atoms with E-state index in [1.54, 1.807) is 18.2 Å². The van der Waals surface area contributed by atoms with Crippen molar-refractivity contribution in [2.45, 2.75) is 26.8 Å². The summed E-state index contributed by atoms with van der Waals surface area (Å²) in [7, 11) is 0. The zero-order valence-corrected chi connectivity index (χ0v) is 15.7. The first-order valence-electron chi connectivity index (χ1n) is 7.31. The van der Waals surface area contributed by atoms with E-state index in [0.29, 0.717) is 10.8 Å². The van der Waals surface area contributed by atoms with Gasteiger partial charge < -0.3 is 10.1 Å². The van der Waals surface area contributed by atoms with Gasteiger partial charge in [-0.05, 0) is 66.0 Å². The van der Waals surface area contributed by atoms with Crippen LogP contribution in [0.2, 0.25) is 5.02 Å². The van der Waals surface area contributed by atoms with E-state index in [9.17, 15) is 4.79 Å². The molecule has 0 aliphatic rings. The Kier molecular flexibility index (Phi) is 6.08. The van der Waals surface area contributed by atoms with Gasteiger partial charge in [-0.3, -0.25) is 4.79 Å². The van der Waals surface area contributed by atoms with Crippen LogP contribution >= 0.6 is 27.5 Å². The number of rotatable bonds is 5. The highest BCUT2D eigenvalue weighted by Crippen LogP contribution is 2.28. The lowest BCUT2D eigenvalue weighted by Gasteiger charge is -2.17. The second-order valence-electron chi connectivity index (χ2n) is 5.51. The van der Waals surface area contributed by atoms with Crippen LogP contribution in [0.5, 0.6) is 5.75 Å². The monoisotopic (exact) mass is 395 g/mol. The Morgan fingerprint density at radius 2 is 2.00 bits per heavy atom. The van der Waals surface area contributed by atoms with Crippen molar-refractivity contribution < 1.29 is 9.53 Å². The van der Waals surface area contributed by atoms with Crippen molar-refractivity contribution in [1.29, 1.82) is 0 Å². The Bertz CT molecular complexity index is 718. The van der Waals surface area contributed by atoms with Crippen molar-refractivity contribution in [2.24, 2.45) is 0 Å². The van der Waals surface area contributed by atoms with E-state index in [2.05, 4.69) is 39.4 Å². The summed E-state index contributed by atoms with van der Waals surface area (Å²) in [6, 6.07) is 11.3. The summed E-state index contributed by atoms with van der Waals surface area (Å²) in [5.74, 6) is 0.421. The van der Waals surface area contributed by atoms with Gasteiger partial charge in [0.05, 0.1) is 10.5 Å². The minimum absolute atomic E-state index is 0.0462. The molecule has 122 valence electrons. The van der Waals surface area contributed by atoms with Crippen LogP contribution in [-0.2, 0) is 4.79 Å². The Hall–Kier alpha value is -1.52. The molecule has 1 amide bonds. The molecule has 0 aromatic heterocycles. The predicted molar refractivity (Wildman–Crippen MR) is 97.1 cm³/mol. The molecule has 0 radical (unpaired) electrons. The molecule has 1 atom stereocenters. The lowest BCUT2D eigenvalue weighted by molar-refractivity contribution is -0.123. The predicted octanol–water partition coefficient (Wildman–Crippen LogP) is 4.98. The number of benzene rings is 2. The SMILES string of the molecule is Cc1ccc(C)c([C@H](C)NC(=O)COc2ccc(Cl)cc2Br)c1. The molecule has 1 N–H and O–H groups in total. The Morgan fingerprint density at radius 3 is 2.70 bits per heavy atom. The summed E-state index contributed by atoms with van der Waals surface area (Å²) in [4.78, 5) is 12.1. The van der Waals surface area contributed by atoms with Gasteiger partial charge in [-0.1, -0.05) is 35.4 Å². The third-order valence-corrected chi connectivity index (χ3v) is 4.39. The Morgan fingerprint density at radius 1 is 1.26 bits per heavy atom. The molecule has 3 nitrogen and oxygen atoms in total. The number of amides is 1. The van der Waals surface area contributed by atoms with Gasteiger partial charge in [0.2, 0.25) is 0 Å². The number of aryl methyl sites for hydroxylation is 2. The first-order chi connectivity index (χ1) is 10.9. The number of carbonyl (C=O) groups is 1. The summed E-state index contributed by atoms with van der Waals surface area (Å²) in [6.07, 6.45) is 0. The molecule has 0 saturated carbocycles. The van der Waals surface area contributed by atoms with Crippen LogP contribution in [0, 0.1) is 13.8 Å². The van der Waals surface area contributed by atoms with E-state index in [4.69, 9.17) is 16.3 Å². The van der Waals surface area contributed by atoms with Gasteiger partial charge >= 0.3 is 0 Å². The molecule has 0 aliphatic carbocycles. The van der Waals surface area contributed by atoms with Crippen LogP contribution in [0.4, 0.5) is 0 Å². The maximum Gasteiger partial charge on any atom is 0.258 e. The van der Waals surface area contributed by atoms with Crippen LogP contribution in [-0.4, -0.2) is 12.5 Å². The van der Waals surface area contributed by atoms with E-state index in [1.165, 1.54) is 5.56 Å². The molecule has 0 bridgehead atoms. The van der Waals surface area contributed by atoms with E-state index in [0.717, 1.165) is 15.6 Å². The number of carbonyl (C=O) groups excluding carboxylic acids is 1. The topological polar surface area (TPSA) is 38.3 Å². The highest BCUT2D eigenvalue weighted by molar-refractivity contribution is 9.10. The van der Waals surface area contributed by atoms with Crippen LogP contribution in [0.1, 0.15) is 29.7 Å². The summed E-state index contributed by atoms with van der Waals surface area (Å²) < 4.78 is 6.25. The number of halogens is 2. The molecule has 0 aliphatic heterocycles. The minimum atomic E-state index is -0.166. The molecule has 2 aromatic carbocycles.